The van der Waals surface area contributed by atoms with Gasteiger partial charge in [0.2, 0.25) is 0 Å². The van der Waals surface area contributed by atoms with E-state index in [1.165, 1.54) is 18.2 Å². The summed E-state index contributed by atoms with van der Waals surface area (Å²) in [5.41, 5.74) is 2.58. The molecule has 4 rings (SSSR count). The fraction of sp³-hybridized carbons (Fsp3) is 0.556. The minimum absolute atomic E-state index is 0.0148. The summed E-state index contributed by atoms with van der Waals surface area (Å²) in [4.78, 5) is 19.2. The van der Waals surface area contributed by atoms with E-state index >= 15 is 0 Å². The lowest BCUT2D eigenvalue weighted by Gasteiger charge is -2.27. The van der Waals surface area contributed by atoms with Gasteiger partial charge in [0.15, 0.2) is 15.0 Å². The first kappa shape index (κ1) is 17.9. The molecule has 26 heavy (non-hydrogen) atoms. The Hall–Kier alpha value is -1.54. The summed E-state index contributed by atoms with van der Waals surface area (Å²) in [6.07, 6.45) is 3.34. The number of fused-ring (bicyclic) bond motifs is 1. The molecule has 0 bridgehead atoms. The van der Waals surface area contributed by atoms with Crippen LogP contribution in [0.25, 0.3) is 0 Å². The molecule has 2 atom stereocenters. The zero-order chi connectivity index (χ0) is 18.3. The van der Waals surface area contributed by atoms with Crippen molar-refractivity contribution in [2.75, 3.05) is 29.9 Å². The number of amides is 1. The number of nitrogens with one attached hydrogen (secondary N) is 1. The van der Waals surface area contributed by atoms with Crippen molar-refractivity contribution in [1.29, 1.82) is 0 Å². The molecular formula is C18H23N3O3S2. The summed E-state index contributed by atoms with van der Waals surface area (Å²) in [5.74, 6) is 0.419. The number of nitrogens with zero attached hydrogens (tertiary/aromatic N) is 2. The molecule has 0 aliphatic carbocycles. The van der Waals surface area contributed by atoms with Gasteiger partial charge in [-0.2, -0.15) is 0 Å². The number of carbonyl (C=O) groups excluding carboxylic acids is 1. The number of likely N-dealkylation sites (tertiary alicyclic amines) is 1. The van der Waals surface area contributed by atoms with Crippen LogP contribution >= 0.6 is 11.8 Å². The number of benzene rings is 1. The second kappa shape index (κ2) is 6.88. The van der Waals surface area contributed by atoms with Crippen molar-refractivity contribution in [3.05, 3.63) is 29.3 Å². The predicted molar refractivity (Wildman–Crippen MR) is 106 cm³/mol. The lowest BCUT2D eigenvalue weighted by atomic mass is 10.1. The predicted octanol–water partition coefficient (Wildman–Crippen LogP) is 2.30. The van der Waals surface area contributed by atoms with Crippen molar-refractivity contribution in [3.63, 3.8) is 0 Å². The molecule has 1 aromatic rings. The van der Waals surface area contributed by atoms with Gasteiger partial charge in [0.25, 0.3) is 5.91 Å². The molecule has 0 saturated carbocycles. The van der Waals surface area contributed by atoms with Crippen LogP contribution in [0.1, 0.15) is 35.2 Å². The lowest BCUT2D eigenvalue weighted by Crippen LogP contribution is -2.35. The van der Waals surface area contributed by atoms with E-state index in [0.717, 1.165) is 42.3 Å². The monoisotopic (exact) mass is 393 g/mol. The number of aliphatic imine (C=N–C) groups is 1. The lowest BCUT2D eigenvalue weighted by molar-refractivity contribution is 0.0724. The van der Waals surface area contributed by atoms with Gasteiger partial charge in [0, 0.05) is 29.6 Å². The number of anilines is 1. The van der Waals surface area contributed by atoms with Crippen molar-refractivity contribution < 1.29 is 13.2 Å². The summed E-state index contributed by atoms with van der Waals surface area (Å²) >= 11 is 1.49. The fourth-order valence-electron chi connectivity index (χ4n) is 3.70. The van der Waals surface area contributed by atoms with E-state index in [9.17, 15) is 13.2 Å². The number of piperidine rings is 1. The van der Waals surface area contributed by atoms with E-state index in [4.69, 9.17) is 0 Å². The number of amidine groups is 1. The Morgan fingerprint density at radius 3 is 2.73 bits per heavy atom. The van der Waals surface area contributed by atoms with Crippen LogP contribution in [0.2, 0.25) is 0 Å². The minimum atomic E-state index is -2.95. The van der Waals surface area contributed by atoms with Crippen LogP contribution in [-0.2, 0) is 9.84 Å². The maximum Gasteiger partial charge on any atom is 0.253 e. The fourth-order valence-corrected chi connectivity index (χ4v) is 7.37. The summed E-state index contributed by atoms with van der Waals surface area (Å²) in [7, 11) is -2.95. The van der Waals surface area contributed by atoms with Gasteiger partial charge in [-0.05, 0) is 43.9 Å². The number of rotatable bonds is 2. The first-order chi connectivity index (χ1) is 12.4. The quantitative estimate of drug-likeness (QED) is 0.834. The Labute approximate surface area is 158 Å². The molecule has 0 aromatic heterocycles. The van der Waals surface area contributed by atoms with Gasteiger partial charge in [0.05, 0.1) is 17.5 Å². The van der Waals surface area contributed by atoms with E-state index in [1.807, 2.05) is 30.0 Å². The minimum Gasteiger partial charge on any atom is -0.339 e. The molecule has 2 saturated heterocycles. The number of sulfone groups is 1. The molecular weight excluding hydrogens is 370 g/mol. The molecule has 2 fully saturated rings. The summed E-state index contributed by atoms with van der Waals surface area (Å²) < 4.78 is 23.4. The second-order valence-corrected chi connectivity index (χ2v) is 10.6. The van der Waals surface area contributed by atoms with Crippen LogP contribution in [0.15, 0.2) is 23.2 Å². The van der Waals surface area contributed by atoms with Crippen molar-refractivity contribution >= 4 is 38.4 Å². The number of hydrogen-bond acceptors (Lipinski definition) is 6. The van der Waals surface area contributed by atoms with Crippen LogP contribution in [0.4, 0.5) is 5.69 Å². The first-order valence-electron chi connectivity index (χ1n) is 9.03. The van der Waals surface area contributed by atoms with Crippen LogP contribution in [0.5, 0.6) is 0 Å². The first-order valence-corrected chi connectivity index (χ1v) is 11.7. The van der Waals surface area contributed by atoms with Crippen molar-refractivity contribution in [2.45, 2.75) is 37.5 Å². The van der Waals surface area contributed by atoms with Crippen molar-refractivity contribution in [2.24, 2.45) is 4.99 Å². The molecule has 6 nitrogen and oxygen atoms in total. The maximum atomic E-state index is 12.7. The third kappa shape index (κ3) is 3.62. The average Bonchev–Trinajstić information content (AvgIpc) is 3.09. The standard InChI is InChI=1S/C18H23N3O3S2/c1-12-5-6-13(17(22)21-7-3-2-4-8-21)9-14(12)19-18-20-15-10-26(23,24)11-16(15)25-18/h5-6,9,15-16H,2-4,7-8,10-11H2,1H3,(H,19,20). The van der Waals surface area contributed by atoms with Crippen LogP contribution in [-0.4, -0.2) is 60.3 Å². The highest BCUT2D eigenvalue weighted by Gasteiger charge is 2.42. The second-order valence-electron chi connectivity index (χ2n) is 7.24. The third-order valence-electron chi connectivity index (χ3n) is 5.19. The summed E-state index contributed by atoms with van der Waals surface area (Å²) in [6, 6.07) is 5.57. The smallest absolute Gasteiger partial charge is 0.253 e. The molecule has 2 unspecified atom stereocenters. The zero-order valence-corrected chi connectivity index (χ0v) is 16.4. The summed E-state index contributed by atoms with van der Waals surface area (Å²) in [5, 5.41) is 4.08. The van der Waals surface area contributed by atoms with E-state index in [0.29, 0.717) is 5.56 Å². The number of carbonyl (C=O) groups is 1. The number of thioether (sulfide) groups is 1. The molecule has 3 aliphatic rings. The van der Waals surface area contributed by atoms with E-state index in [2.05, 4.69) is 10.3 Å². The Bertz CT molecular complexity index is 860. The molecule has 1 N–H and O–H groups in total. The molecule has 1 amide bonds. The number of aryl methyl sites for hydroxylation is 1. The van der Waals surface area contributed by atoms with Gasteiger partial charge < -0.3 is 10.2 Å². The van der Waals surface area contributed by atoms with Crippen molar-refractivity contribution in [3.8, 4) is 0 Å². The average molecular weight is 394 g/mol. The topological polar surface area (TPSA) is 78.8 Å². The van der Waals surface area contributed by atoms with Gasteiger partial charge in [-0.15, -0.1) is 0 Å². The Morgan fingerprint density at radius 2 is 2.00 bits per heavy atom. The van der Waals surface area contributed by atoms with Gasteiger partial charge in [0.1, 0.15) is 0 Å². The van der Waals surface area contributed by atoms with Gasteiger partial charge in [-0.1, -0.05) is 17.8 Å². The van der Waals surface area contributed by atoms with Gasteiger partial charge >= 0.3 is 0 Å². The van der Waals surface area contributed by atoms with E-state index in [1.54, 1.807) is 0 Å². The molecule has 140 valence electrons. The largest absolute Gasteiger partial charge is 0.339 e. The normalized spacial score (nSPS) is 27.1. The molecule has 0 spiro atoms. The van der Waals surface area contributed by atoms with Crippen LogP contribution in [0, 0.1) is 6.92 Å². The third-order valence-corrected chi connectivity index (χ3v) is 8.33. The van der Waals surface area contributed by atoms with E-state index < -0.39 is 9.84 Å². The molecule has 3 heterocycles. The highest BCUT2D eigenvalue weighted by molar-refractivity contribution is 8.15. The number of hydrogen-bond donors (Lipinski definition) is 1. The molecule has 8 heteroatoms. The van der Waals surface area contributed by atoms with E-state index in [-0.39, 0.29) is 28.7 Å². The van der Waals surface area contributed by atoms with Crippen molar-refractivity contribution in [1.82, 2.24) is 4.90 Å². The Kier molecular flexibility index (Phi) is 4.73. The van der Waals surface area contributed by atoms with Crippen LogP contribution in [0.3, 0.4) is 0 Å². The Balaban J connectivity index is 1.50. The van der Waals surface area contributed by atoms with Crippen LogP contribution < -0.4 is 5.32 Å². The molecule has 0 radical (unpaired) electrons. The highest BCUT2D eigenvalue weighted by atomic mass is 32.2. The maximum absolute atomic E-state index is 12.7. The van der Waals surface area contributed by atoms with Gasteiger partial charge in [-0.3, -0.25) is 9.79 Å². The summed E-state index contributed by atoms with van der Waals surface area (Å²) in [6.45, 7) is 3.65. The Morgan fingerprint density at radius 1 is 1.23 bits per heavy atom. The zero-order valence-electron chi connectivity index (χ0n) is 14.8. The highest BCUT2D eigenvalue weighted by Crippen LogP contribution is 2.35. The molecule has 1 aromatic carbocycles. The molecule has 3 aliphatic heterocycles. The SMILES string of the molecule is Cc1ccc(C(=O)N2CCCCC2)cc1NC1=NC2CS(=O)(=O)CC2S1. The van der Waals surface area contributed by atoms with Gasteiger partial charge in [-0.25, -0.2) is 8.42 Å².